The van der Waals surface area contributed by atoms with Gasteiger partial charge >= 0.3 is 0 Å². The van der Waals surface area contributed by atoms with Gasteiger partial charge in [0, 0.05) is 24.0 Å². The van der Waals surface area contributed by atoms with Crippen LogP contribution in [-0.2, 0) is 32.6 Å². The van der Waals surface area contributed by atoms with Crippen LogP contribution >= 0.6 is 11.6 Å². The number of amides is 2. The van der Waals surface area contributed by atoms with Crippen LogP contribution in [0.1, 0.15) is 48.8 Å². The summed E-state index contributed by atoms with van der Waals surface area (Å²) in [7, 11) is -4.25. The standard InChI is InChI=1S/C37H39ClFN3O4S/c1-27-9-8-14-33(23-27)42(47(45,46)34-21-17-30(38)18-22-34)26-36(43)41(25-29-15-19-31(39)20-16-29)35(24-28-10-4-2-5-11-28)37(44)40-32-12-6-3-7-13-32/h2,4-5,8-11,14-23,32,35H,3,6-7,12-13,24-26H2,1H3,(H,40,44)/t35-/m0/s1. The molecule has 1 atom stereocenters. The van der Waals surface area contributed by atoms with Crippen molar-refractivity contribution in [3.63, 3.8) is 0 Å². The predicted octanol–water partition coefficient (Wildman–Crippen LogP) is 7.07. The summed E-state index contributed by atoms with van der Waals surface area (Å²) in [5.41, 5.74) is 2.56. The number of aryl methyl sites for hydroxylation is 1. The summed E-state index contributed by atoms with van der Waals surface area (Å²) in [5.74, 6) is -1.31. The van der Waals surface area contributed by atoms with Crippen LogP contribution < -0.4 is 9.62 Å². The molecule has 5 rings (SSSR count). The van der Waals surface area contributed by atoms with E-state index in [0.29, 0.717) is 16.3 Å². The Balaban J connectivity index is 1.56. The zero-order valence-electron chi connectivity index (χ0n) is 26.3. The van der Waals surface area contributed by atoms with Crippen molar-refractivity contribution in [1.82, 2.24) is 10.2 Å². The van der Waals surface area contributed by atoms with E-state index in [0.717, 1.165) is 47.5 Å². The second-order valence-electron chi connectivity index (χ2n) is 12.0. The summed E-state index contributed by atoms with van der Waals surface area (Å²) in [6, 6.07) is 26.8. The average molecular weight is 676 g/mol. The van der Waals surface area contributed by atoms with E-state index in [2.05, 4.69) is 5.32 Å². The van der Waals surface area contributed by atoms with E-state index >= 15 is 0 Å². The van der Waals surface area contributed by atoms with Gasteiger partial charge < -0.3 is 10.2 Å². The van der Waals surface area contributed by atoms with E-state index in [1.54, 1.807) is 30.3 Å². The highest BCUT2D eigenvalue weighted by Gasteiger charge is 2.35. The fourth-order valence-corrected chi connectivity index (χ4v) is 7.46. The summed E-state index contributed by atoms with van der Waals surface area (Å²) in [6.07, 6.45) is 5.07. The summed E-state index contributed by atoms with van der Waals surface area (Å²) in [4.78, 5) is 30.1. The van der Waals surface area contributed by atoms with E-state index in [-0.39, 0.29) is 29.8 Å². The molecule has 47 heavy (non-hydrogen) atoms. The van der Waals surface area contributed by atoms with Crippen molar-refractivity contribution in [3.8, 4) is 0 Å². The first-order valence-corrected chi connectivity index (χ1v) is 17.6. The Morgan fingerprint density at radius 3 is 2.21 bits per heavy atom. The van der Waals surface area contributed by atoms with Crippen LogP contribution in [0.25, 0.3) is 0 Å². The van der Waals surface area contributed by atoms with Crippen LogP contribution in [0, 0.1) is 12.7 Å². The van der Waals surface area contributed by atoms with Gasteiger partial charge in [0.25, 0.3) is 10.0 Å². The lowest BCUT2D eigenvalue weighted by Gasteiger charge is -2.35. The van der Waals surface area contributed by atoms with Gasteiger partial charge in [-0.15, -0.1) is 0 Å². The molecule has 4 aromatic rings. The van der Waals surface area contributed by atoms with Gasteiger partial charge in [0.15, 0.2) is 0 Å². The first kappa shape index (κ1) is 34.1. The van der Waals surface area contributed by atoms with Crippen molar-refractivity contribution in [2.45, 2.75) is 69.0 Å². The zero-order valence-corrected chi connectivity index (χ0v) is 27.9. The van der Waals surface area contributed by atoms with Gasteiger partial charge in [-0.3, -0.25) is 13.9 Å². The number of carbonyl (C=O) groups is 2. The molecule has 0 bridgehead atoms. The number of rotatable bonds is 12. The Morgan fingerprint density at radius 1 is 0.872 bits per heavy atom. The van der Waals surface area contributed by atoms with E-state index in [4.69, 9.17) is 11.6 Å². The molecule has 0 unspecified atom stereocenters. The van der Waals surface area contributed by atoms with Crippen molar-refractivity contribution in [3.05, 3.63) is 131 Å². The minimum absolute atomic E-state index is 0.00799. The molecule has 4 aromatic carbocycles. The fraction of sp³-hybridized carbons (Fsp3) is 0.297. The number of hydrogen-bond donors (Lipinski definition) is 1. The number of halogens is 2. The third-order valence-electron chi connectivity index (χ3n) is 8.46. The van der Waals surface area contributed by atoms with E-state index in [1.807, 2.05) is 43.3 Å². The minimum atomic E-state index is -4.25. The summed E-state index contributed by atoms with van der Waals surface area (Å²) >= 11 is 6.06. The zero-order chi connectivity index (χ0) is 33.4. The van der Waals surface area contributed by atoms with Gasteiger partial charge in [-0.2, -0.15) is 0 Å². The Bertz CT molecular complexity index is 1760. The number of nitrogens with zero attached hydrogens (tertiary/aromatic N) is 2. The quantitative estimate of drug-likeness (QED) is 0.174. The molecular formula is C37H39ClFN3O4S. The molecule has 2 amide bonds. The molecule has 1 fully saturated rings. The maximum atomic E-state index is 14.6. The minimum Gasteiger partial charge on any atom is -0.352 e. The molecule has 0 aromatic heterocycles. The van der Waals surface area contributed by atoms with Crippen LogP contribution in [-0.4, -0.2) is 43.8 Å². The van der Waals surface area contributed by atoms with Gasteiger partial charge in [-0.05, 0) is 85.0 Å². The molecule has 0 saturated heterocycles. The van der Waals surface area contributed by atoms with Crippen molar-refractivity contribution >= 4 is 39.1 Å². The lowest BCUT2D eigenvalue weighted by atomic mass is 9.94. The SMILES string of the molecule is Cc1cccc(N(CC(=O)N(Cc2ccc(F)cc2)[C@@H](Cc2ccccc2)C(=O)NC2CCCCC2)S(=O)(=O)c2ccc(Cl)cc2)c1. The smallest absolute Gasteiger partial charge is 0.264 e. The van der Waals surface area contributed by atoms with E-state index in [9.17, 15) is 22.4 Å². The number of hydrogen-bond acceptors (Lipinski definition) is 4. The third-order valence-corrected chi connectivity index (χ3v) is 10.5. The molecule has 246 valence electrons. The first-order chi connectivity index (χ1) is 22.6. The molecule has 0 aliphatic heterocycles. The highest BCUT2D eigenvalue weighted by Crippen LogP contribution is 2.27. The van der Waals surface area contributed by atoms with Gasteiger partial charge in [0.05, 0.1) is 10.6 Å². The van der Waals surface area contributed by atoms with Crippen LogP contribution in [0.4, 0.5) is 10.1 Å². The van der Waals surface area contributed by atoms with Crippen molar-refractivity contribution in [2.24, 2.45) is 0 Å². The lowest BCUT2D eigenvalue weighted by Crippen LogP contribution is -2.55. The van der Waals surface area contributed by atoms with Gasteiger partial charge in [-0.1, -0.05) is 85.5 Å². The molecule has 0 heterocycles. The lowest BCUT2D eigenvalue weighted by molar-refractivity contribution is -0.140. The number of nitrogens with one attached hydrogen (secondary N) is 1. The number of sulfonamides is 1. The van der Waals surface area contributed by atoms with Gasteiger partial charge in [0.1, 0.15) is 18.4 Å². The fourth-order valence-electron chi connectivity index (χ4n) is 5.93. The summed E-state index contributed by atoms with van der Waals surface area (Å²) < 4.78 is 43.3. The van der Waals surface area contributed by atoms with E-state index in [1.165, 1.54) is 41.3 Å². The van der Waals surface area contributed by atoms with Crippen molar-refractivity contribution in [1.29, 1.82) is 0 Å². The van der Waals surface area contributed by atoms with Crippen LogP contribution in [0.5, 0.6) is 0 Å². The first-order valence-electron chi connectivity index (χ1n) is 15.8. The monoisotopic (exact) mass is 675 g/mol. The molecule has 10 heteroatoms. The van der Waals surface area contributed by atoms with Gasteiger partial charge in [0.2, 0.25) is 11.8 Å². The Kier molecular flexibility index (Phi) is 11.3. The maximum Gasteiger partial charge on any atom is 0.264 e. The Morgan fingerprint density at radius 2 is 1.55 bits per heavy atom. The molecule has 1 N–H and O–H groups in total. The Labute approximate surface area is 281 Å². The van der Waals surface area contributed by atoms with Gasteiger partial charge in [-0.25, -0.2) is 12.8 Å². The molecule has 1 saturated carbocycles. The van der Waals surface area contributed by atoms with Crippen molar-refractivity contribution in [2.75, 3.05) is 10.8 Å². The van der Waals surface area contributed by atoms with Crippen LogP contribution in [0.3, 0.4) is 0 Å². The predicted molar refractivity (Wildman–Crippen MR) is 183 cm³/mol. The second-order valence-corrected chi connectivity index (χ2v) is 14.3. The maximum absolute atomic E-state index is 14.6. The summed E-state index contributed by atoms with van der Waals surface area (Å²) in [5, 5.41) is 3.56. The topological polar surface area (TPSA) is 86.8 Å². The van der Waals surface area contributed by atoms with Crippen molar-refractivity contribution < 1.29 is 22.4 Å². The average Bonchev–Trinajstić information content (AvgIpc) is 3.07. The molecular weight excluding hydrogens is 637 g/mol. The molecule has 1 aliphatic carbocycles. The van der Waals surface area contributed by atoms with E-state index < -0.39 is 34.3 Å². The Hall–Kier alpha value is -4.21. The molecule has 0 radical (unpaired) electrons. The number of benzene rings is 4. The third kappa shape index (κ3) is 8.99. The normalized spacial score (nSPS) is 14.3. The number of carbonyl (C=O) groups excluding carboxylic acids is 2. The highest BCUT2D eigenvalue weighted by atomic mass is 35.5. The molecule has 7 nitrogen and oxygen atoms in total. The molecule has 0 spiro atoms. The van der Waals surface area contributed by atoms with Crippen LogP contribution in [0.15, 0.2) is 108 Å². The highest BCUT2D eigenvalue weighted by molar-refractivity contribution is 7.92. The summed E-state index contributed by atoms with van der Waals surface area (Å²) in [6.45, 7) is 1.24. The number of anilines is 1. The second kappa shape index (κ2) is 15.6. The molecule has 1 aliphatic rings. The van der Waals surface area contributed by atoms with Crippen LogP contribution in [0.2, 0.25) is 5.02 Å². The largest absolute Gasteiger partial charge is 0.352 e.